The molecule has 1 aromatic heterocycles. The Morgan fingerprint density at radius 3 is 2.71 bits per heavy atom. The lowest BCUT2D eigenvalue weighted by Crippen LogP contribution is -2.37. The van der Waals surface area contributed by atoms with Crippen molar-refractivity contribution >= 4 is 5.69 Å². The van der Waals surface area contributed by atoms with Gasteiger partial charge in [-0.2, -0.15) is 0 Å². The van der Waals surface area contributed by atoms with Gasteiger partial charge in [0, 0.05) is 23.6 Å². The van der Waals surface area contributed by atoms with Crippen molar-refractivity contribution in [1.82, 2.24) is 10.3 Å². The van der Waals surface area contributed by atoms with Gasteiger partial charge in [-0.25, -0.2) is 0 Å². The van der Waals surface area contributed by atoms with E-state index in [-0.39, 0.29) is 5.54 Å². The van der Waals surface area contributed by atoms with Gasteiger partial charge in [-0.05, 0) is 45.4 Å². The fourth-order valence-corrected chi connectivity index (χ4v) is 1.22. The minimum Gasteiger partial charge on any atom is -0.398 e. The van der Waals surface area contributed by atoms with Crippen LogP contribution in [0.3, 0.4) is 0 Å². The van der Waals surface area contributed by atoms with Crippen LogP contribution in [0.5, 0.6) is 0 Å². The summed E-state index contributed by atoms with van der Waals surface area (Å²) >= 11 is 0. The summed E-state index contributed by atoms with van der Waals surface area (Å²) in [6.07, 6.45) is 4.48. The van der Waals surface area contributed by atoms with Gasteiger partial charge in [0.15, 0.2) is 0 Å². The quantitative estimate of drug-likeness (QED) is 0.766. The van der Waals surface area contributed by atoms with Gasteiger partial charge in [0.25, 0.3) is 0 Å². The van der Waals surface area contributed by atoms with E-state index in [1.807, 2.05) is 12.3 Å². The van der Waals surface area contributed by atoms with Crippen LogP contribution in [-0.2, 0) is 6.42 Å². The summed E-state index contributed by atoms with van der Waals surface area (Å²) in [6.45, 7) is 7.39. The third-order valence-corrected chi connectivity index (χ3v) is 1.99. The first-order chi connectivity index (χ1) is 6.49. The first-order valence-corrected chi connectivity index (χ1v) is 4.92. The minimum absolute atomic E-state index is 0.164. The highest BCUT2D eigenvalue weighted by molar-refractivity contribution is 5.44. The smallest absolute Gasteiger partial charge is 0.0377 e. The van der Waals surface area contributed by atoms with Crippen LogP contribution in [0.2, 0.25) is 0 Å². The van der Waals surface area contributed by atoms with Crippen molar-refractivity contribution in [3.8, 4) is 0 Å². The van der Waals surface area contributed by atoms with Crippen LogP contribution in [0.25, 0.3) is 0 Å². The molecule has 1 rings (SSSR count). The van der Waals surface area contributed by atoms with E-state index >= 15 is 0 Å². The Morgan fingerprint density at radius 2 is 2.14 bits per heavy atom. The minimum atomic E-state index is 0.164. The Labute approximate surface area is 85.7 Å². The molecule has 0 bridgehead atoms. The first-order valence-electron chi connectivity index (χ1n) is 4.92. The summed E-state index contributed by atoms with van der Waals surface area (Å²) in [6, 6.07) is 1.84. The lowest BCUT2D eigenvalue weighted by Gasteiger charge is -2.20. The Kier molecular flexibility index (Phi) is 3.47. The van der Waals surface area contributed by atoms with Crippen LogP contribution >= 0.6 is 0 Å². The Hall–Kier alpha value is -1.09. The number of nitrogens with zero attached hydrogens (tertiary/aromatic N) is 1. The number of nitrogen functional groups attached to an aromatic ring is 1. The third kappa shape index (κ3) is 3.75. The van der Waals surface area contributed by atoms with Crippen LogP contribution in [0.15, 0.2) is 18.5 Å². The van der Waals surface area contributed by atoms with Gasteiger partial charge >= 0.3 is 0 Å². The number of pyridine rings is 1. The van der Waals surface area contributed by atoms with Gasteiger partial charge in [0.2, 0.25) is 0 Å². The van der Waals surface area contributed by atoms with Crippen molar-refractivity contribution in [3.63, 3.8) is 0 Å². The van der Waals surface area contributed by atoms with Gasteiger partial charge in [-0.15, -0.1) is 0 Å². The zero-order valence-electron chi connectivity index (χ0n) is 9.17. The summed E-state index contributed by atoms with van der Waals surface area (Å²) in [5, 5.41) is 3.41. The molecule has 1 heterocycles. The molecule has 3 nitrogen and oxygen atoms in total. The Bertz CT molecular complexity index is 289. The number of hydrogen-bond donors (Lipinski definition) is 2. The number of rotatable bonds is 3. The molecule has 0 amide bonds. The van der Waals surface area contributed by atoms with Crippen LogP contribution in [0.1, 0.15) is 26.3 Å². The predicted octanol–water partition coefficient (Wildman–Crippen LogP) is 1.59. The first kappa shape index (κ1) is 11.0. The van der Waals surface area contributed by atoms with E-state index in [2.05, 4.69) is 31.1 Å². The number of nitrogens with two attached hydrogens (primary N) is 1. The Balaban J connectivity index is 2.43. The highest BCUT2D eigenvalue weighted by Crippen LogP contribution is 2.09. The lowest BCUT2D eigenvalue weighted by molar-refractivity contribution is 0.429. The molecule has 0 saturated carbocycles. The maximum atomic E-state index is 5.80. The maximum absolute atomic E-state index is 5.80. The molecule has 78 valence electrons. The molecule has 0 aromatic carbocycles. The topological polar surface area (TPSA) is 50.9 Å². The fraction of sp³-hybridized carbons (Fsp3) is 0.545. The van der Waals surface area contributed by atoms with E-state index in [9.17, 15) is 0 Å². The SMILES string of the molecule is CC(C)(C)NCCc1cnccc1N. The molecule has 3 N–H and O–H groups in total. The lowest BCUT2D eigenvalue weighted by atomic mass is 10.1. The highest BCUT2D eigenvalue weighted by Gasteiger charge is 2.08. The van der Waals surface area contributed by atoms with Crippen LogP contribution in [-0.4, -0.2) is 17.1 Å². The molecule has 0 aliphatic heterocycles. The molecule has 0 fully saturated rings. The van der Waals surface area contributed by atoms with Gasteiger partial charge in [0.05, 0.1) is 0 Å². The average Bonchev–Trinajstić information content (AvgIpc) is 2.06. The molecule has 1 aromatic rings. The van der Waals surface area contributed by atoms with Gasteiger partial charge < -0.3 is 11.1 Å². The maximum Gasteiger partial charge on any atom is 0.0377 e. The molecule has 0 aliphatic rings. The molecule has 14 heavy (non-hydrogen) atoms. The van der Waals surface area contributed by atoms with Gasteiger partial charge in [-0.3, -0.25) is 4.98 Å². The van der Waals surface area contributed by atoms with E-state index in [0.717, 1.165) is 24.2 Å². The summed E-state index contributed by atoms with van der Waals surface area (Å²) < 4.78 is 0. The summed E-state index contributed by atoms with van der Waals surface area (Å²) in [7, 11) is 0. The van der Waals surface area contributed by atoms with Crippen molar-refractivity contribution in [2.45, 2.75) is 32.7 Å². The second-order valence-electron chi connectivity index (χ2n) is 4.50. The van der Waals surface area contributed by atoms with Crippen molar-refractivity contribution in [3.05, 3.63) is 24.0 Å². The molecular formula is C11H19N3. The van der Waals surface area contributed by atoms with Crippen molar-refractivity contribution in [1.29, 1.82) is 0 Å². The zero-order chi connectivity index (χ0) is 10.6. The van der Waals surface area contributed by atoms with Gasteiger partial charge in [0.1, 0.15) is 0 Å². The second-order valence-corrected chi connectivity index (χ2v) is 4.50. The van der Waals surface area contributed by atoms with Crippen molar-refractivity contribution in [2.75, 3.05) is 12.3 Å². The Morgan fingerprint density at radius 1 is 1.43 bits per heavy atom. The molecule has 0 aliphatic carbocycles. The number of nitrogens with one attached hydrogen (secondary N) is 1. The molecule has 3 heteroatoms. The van der Waals surface area contributed by atoms with E-state index in [1.165, 1.54) is 0 Å². The largest absolute Gasteiger partial charge is 0.398 e. The van der Waals surface area contributed by atoms with E-state index in [1.54, 1.807) is 6.20 Å². The number of aromatic nitrogens is 1. The molecule has 0 unspecified atom stereocenters. The van der Waals surface area contributed by atoms with E-state index in [4.69, 9.17) is 5.73 Å². The van der Waals surface area contributed by atoms with Crippen LogP contribution < -0.4 is 11.1 Å². The number of hydrogen-bond acceptors (Lipinski definition) is 3. The van der Waals surface area contributed by atoms with Crippen molar-refractivity contribution < 1.29 is 0 Å². The van der Waals surface area contributed by atoms with E-state index < -0.39 is 0 Å². The summed E-state index contributed by atoms with van der Waals surface area (Å²) in [5.41, 5.74) is 7.91. The molecular weight excluding hydrogens is 174 g/mol. The highest BCUT2D eigenvalue weighted by atomic mass is 14.9. The van der Waals surface area contributed by atoms with Crippen molar-refractivity contribution in [2.24, 2.45) is 0 Å². The summed E-state index contributed by atoms with van der Waals surface area (Å²) in [5.74, 6) is 0. The van der Waals surface area contributed by atoms with Crippen LogP contribution in [0.4, 0.5) is 5.69 Å². The normalized spacial score (nSPS) is 11.6. The van der Waals surface area contributed by atoms with E-state index in [0.29, 0.717) is 0 Å². The predicted molar refractivity (Wildman–Crippen MR) is 60.1 cm³/mol. The molecule has 0 spiro atoms. The molecule has 0 saturated heterocycles. The standard InChI is InChI=1S/C11H19N3/c1-11(2,3)14-7-4-9-8-13-6-5-10(9)12/h5-6,8,14H,4,7H2,1-3H3,(H2,12,13). The molecule has 0 atom stereocenters. The molecule has 0 radical (unpaired) electrons. The third-order valence-electron chi connectivity index (χ3n) is 1.99. The monoisotopic (exact) mass is 193 g/mol. The summed E-state index contributed by atoms with van der Waals surface area (Å²) in [4.78, 5) is 4.05. The number of anilines is 1. The van der Waals surface area contributed by atoms with Crippen LogP contribution in [0, 0.1) is 0 Å². The van der Waals surface area contributed by atoms with Gasteiger partial charge in [-0.1, -0.05) is 0 Å². The average molecular weight is 193 g/mol. The second kappa shape index (κ2) is 4.42. The fourth-order valence-electron chi connectivity index (χ4n) is 1.22. The zero-order valence-corrected chi connectivity index (χ0v) is 9.17.